The zero-order valence-electron chi connectivity index (χ0n) is 9.69. The molecule has 2 N–H and O–H groups in total. The third-order valence-corrected chi connectivity index (χ3v) is 2.33. The molecule has 1 aromatic carbocycles. The van der Waals surface area contributed by atoms with Crippen LogP contribution in [0.4, 0.5) is 0 Å². The second-order valence-electron chi connectivity index (χ2n) is 3.37. The fourth-order valence-corrected chi connectivity index (χ4v) is 1.43. The average Bonchev–Trinajstić information content (AvgIpc) is 2.28. The number of hydrogen-bond acceptors (Lipinski definition) is 3. The minimum Gasteiger partial charge on any atom is -0.504 e. The molecule has 3 nitrogen and oxygen atoms in total. The summed E-state index contributed by atoms with van der Waals surface area (Å²) in [5, 5.41) is 19.2. The summed E-state index contributed by atoms with van der Waals surface area (Å²) >= 11 is 0. The Morgan fingerprint density at radius 2 is 1.94 bits per heavy atom. The third-order valence-electron chi connectivity index (χ3n) is 2.33. The van der Waals surface area contributed by atoms with E-state index in [9.17, 15) is 10.2 Å². The van der Waals surface area contributed by atoms with Gasteiger partial charge in [0.1, 0.15) is 5.75 Å². The van der Waals surface area contributed by atoms with Crippen molar-refractivity contribution in [3.63, 3.8) is 0 Å². The molecule has 86 valence electrons. The van der Waals surface area contributed by atoms with Gasteiger partial charge in [0, 0.05) is 17.2 Å². The minimum atomic E-state index is -0.178. The monoisotopic (exact) mass is 220 g/mol. The number of phenolic OH excluding ortho intramolecular Hbond substituents is 2. The number of rotatable bonds is 3. The van der Waals surface area contributed by atoms with Crippen molar-refractivity contribution in [1.29, 1.82) is 0 Å². The standard InChI is InChI=1S/C13H16O3/c1-4-5-6-7-10-9(2)12(16-3)8-11(14)13(10)15/h4-8,14-15H,1-3H3/b5-4+,7-6+. The number of aromatic hydroxyl groups is 2. The van der Waals surface area contributed by atoms with Gasteiger partial charge in [0.25, 0.3) is 0 Å². The van der Waals surface area contributed by atoms with Crippen LogP contribution < -0.4 is 4.74 Å². The Kier molecular flexibility index (Phi) is 4.00. The molecule has 0 saturated heterocycles. The zero-order chi connectivity index (χ0) is 12.1. The Balaban J connectivity index is 3.30. The first-order chi connectivity index (χ1) is 7.61. The molecular weight excluding hydrogens is 204 g/mol. The number of phenols is 2. The van der Waals surface area contributed by atoms with Gasteiger partial charge in [-0.05, 0) is 13.8 Å². The number of methoxy groups -OCH3 is 1. The molecule has 3 heteroatoms. The van der Waals surface area contributed by atoms with Crippen molar-refractivity contribution in [3.05, 3.63) is 35.4 Å². The van der Waals surface area contributed by atoms with Gasteiger partial charge < -0.3 is 14.9 Å². The van der Waals surface area contributed by atoms with Crippen LogP contribution >= 0.6 is 0 Å². The van der Waals surface area contributed by atoms with Gasteiger partial charge in [0.15, 0.2) is 11.5 Å². The van der Waals surface area contributed by atoms with E-state index in [0.29, 0.717) is 11.3 Å². The quantitative estimate of drug-likeness (QED) is 0.608. The van der Waals surface area contributed by atoms with E-state index in [1.165, 1.54) is 13.2 Å². The van der Waals surface area contributed by atoms with Gasteiger partial charge in [-0.2, -0.15) is 0 Å². The highest BCUT2D eigenvalue weighted by molar-refractivity contribution is 5.68. The van der Waals surface area contributed by atoms with E-state index in [2.05, 4.69) is 0 Å². The molecule has 0 heterocycles. The van der Waals surface area contributed by atoms with Crippen LogP contribution in [0.2, 0.25) is 0 Å². The van der Waals surface area contributed by atoms with E-state index in [-0.39, 0.29) is 11.5 Å². The predicted molar refractivity (Wildman–Crippen MR) is 64.9 cm³/mol. The van der Waals surface area contributed by atoms with Gasteiger partial charge >= 0.3 is 0 Å². The summed E-state index contributed by atoms with van der Waals surface area (Å²) in [6.45, 7) is 3.73. The Morgan fingerprint density at radius 3 is 2.50 bits per heavy atom. The lowest BCUT2D eigenvalue weighted by molar-refractivity contribution is 0.383. The topological polar surface area (TPSA) is 49.7 Å². The molecule has 0 saturated carbocycles. The van der Waals surface area contributed by atoms with Crippen molar-refractivity contribution in [2.24, 2.45) is 0 Å². The SMILES string of the molecule is C/C=C/C=C/c1c(C)c(OC)cc(O)c1O. The van der Waals surface area contributed by atoms with Gasteiger partial charge in [0.05, 0.1) is 7.11 Å². The molecule has 0 atom stereocenters. The minimum absolute atomic E-state index is 0.126. The molecule has 0 aliphatic heterocycles. The summed E-state index contributed by atoms with van der Waals surface area (Å²) in [7, 11) is 1.53. The Bertz CT molecular complexity index is 431. The number of ether oxygens (including phenoxy) is 1. The summed E-state index contributed by atoms with van der Waals surface area (Å²) in [4.78, 5) is 0. The number of allylic oxidation sites excluding steroid dienone is 3. The molecular formula is C13H16O3. The lowest BCUT2D eigenvalue weighted by Crippen LogP contribution is -1.90. The van der Waals surface area contributed by atoms with Crippen molar-refractivity contribution in [3.8, 4) is 17.2 Å². The summed E-state index contributed by atoms with van der Waals surface area (Å²) < 4.78 is 5.10. The molecule has 0 bridgehead atoms. The van der Waals surface area contributed by atoms with E-state index in [1.54, 1.807) is 12.2 Å². The highest BCUT2D eigenvalue weighted by atomic mass is 16.5. The molecule has 0 amide bonds. The molecule has 1 rings (SSSR count). The summed E-state index contributed by atoms with van der Waals surface area (Å²) in [6, 6.07) is 1.40. The van der Waals surface area contributed by atoms with E-state index in [4.69, 9.17) is 4.74 Å². The first kappa shape index (κ1) is 12.2. The van der Waals surface area contributed by atoms with Crippen LogP contribution in [0, 0.1) is 6.92 Å². The first-order valence-electron chi connectivity index (χ1n) is 5.00. The van der Waals surface area contributed by atoms with Crippen molar-refractivity contribution in [1.82, 2.24) is 0 Å². The van der Waals surface area contributed by atoms with Crippen LogP contribution in [0.25, 0.3) is 6.08 Å². The first-order valence-corrected chi connectivity index (χ1v) is 5.00. The molecule has 0 aromatic heterocycles. The molecule has 0 aliphatic rings. The molecule has 1 aromatic rings. The van der Waals surface area contributed by atoms with Crippen LogP contribution in [0.3, 0.4) is 0 Å². The van der Waals surface area contributed by atoms with Crippen LogP contribution in [-0.2, 0) is 0 Å². The van der Waals surface area contributed by atoms with Crippen LogP contribution in [0.5, 0.6) is 17.2 Å². The molecule has 0 fully saturated rings. The lowest BCUT2D eigenvalue weighted by Gasteiger charge is -2.10. The fraction of sp³-hybridized carbons (Fsp3) is 0.231. The van der Waals surface area contributed by atoms with Crippen LogP contribution in [-0.4, -0.2) is 17.3 Å². The van der Waals surface area contributed by atoms with Crippen molar-refractivity contribution in [2.75, 3.05) is 7.11 Å². The second-order valence-corrected chi connectivity index (χ2v) is 3.37. The number of benzene rings is 1. The average molecular weight is 220 g/mol. The third kappa shape index (κ3) is 2.37. The maximum Gasteiger partial charge on any atom is 0.165 e. The smallest absolute Gasteiger partial charge is 0.165 e. The van der Waals surface area contributed by atoms with Crippen molar-refractivity contribution in [2.45, 2.75) is 13.8 Å². The lowest BCUT2D eigenvalue weighted by atomic mass is 10.0. The molecule has 0 radical (unpaired) electrons. The van der Waals surface area contributed by atoms with Crippen LogP contribution in [0.1, 0.15) is 18.1 Å². The summed E-state index contributed by atoms with van der Waals surface area (Å²) in [6.07, 6.45) is 7.24. The van der Waals surface area contributed by atoms with Crippen molar-refractivity contribution >= 4 is 6.08 Å². The Hall–Kier alpha value is -1.90. The normalized spacial score (nSPS) is 11.4. The molecule has 0 unspecified atom stereocenters. The highest BCUT2D eigenvalue weighted by Crippen LogP contribution is 2.38. The molecule has 0 spiro atoms. The van der Waals surface area contributed by atoms with E-state index >= 15 is 0 Å². The van der Waals surface area contributed by atoms with Gasteiger partial charge in [-0.15, -0.1) is 0 Å². The Labute approximate surface area is 95.3 Å². The summed E-state index contributed by atoms with van der Waals surface area (Å²) in [5.41, 5.74) is 1.36. The molecule has 16 heavy (non-hydrogen) atoms. The largest absolute Gasteiger partial charge is 0.504 e. The van der Waals surface area contributed by atoms with Gasteiger partial charge in [-0.3, -0.25) is 0 Å². The maximum absolute atomic E-state index is 9.72. The summed E-state index contributed by atoms with van der Waals surface area (Å²) in [5.74, 6) is 0.247. The van der Waals surface area contributed by atoms with Gasteiger partial charge in [-0.25, -0.2) is 0 Å². The van der Waals surface area contributed by atoms with Crippen LogP contribution in [0.15, 0.2) is 24.3 Å². The van der Waals surface area contributed by atoms with E-state index < -0.39 is 0 Å². The Morgan fingerprint density at radius 1 is 1.25 bits per heavy atom. The van der Waals surface area contributed by atoms with E-state index in [1.807, 2.05) is 26.0 Å². The highest BCUT2D eigenvalue weighted by Gasteiger charge is 2.12. The van der Waals surface area contributed by atoms with Crippen molar-refractivity contribution < 1.29 is 14.9 Å². The fourth-order valence-electron chi connectivity index (χ4n) is 1.43. The zero-order valence-corrected chi connectivity index (χ0v) is 9.69. The predicted octanol–water partition coefficient (Wildman–Crippen LogP) is 3.00. The van der Waals surface area contributed by atoms with E-state index in [0.717, 1.165) is 5.56 Å². The maximum atomic E-state index is 9.72. The van der Waals surface area contributed by atoms with Gasteiger partial charge in [-0.1, -0.05) is 24.3 Å². The molecule has 0 aliphatic carbocycles. The number of hydrogen-bond donors (Lipinski definition) is 2. The second kappa shape index (κ2) is 5.26. The van der Waals surface area contributed by atoms with Gasteiger partial charge in [0.2, 0.25) is 0 Å².